The lowest BCUT2D eigenvalue weighted by molar-refractivity contribution is -0.157. The summed E-state index contributed by atoms with van der Waals surface area (Å²) in [4.78, 5) is 12.4. The molecule has 2 aliphatic rings. The molecule has 0 amide bonds. The monoisotopic (exact) mass is 436 g/mol. The largest absolute Gasteiger partial charge is 0.462 e. The minimum absolute atomic E-state index is 0.0737. The van der Waals surface area contributed by atoms with Crippen LogP contribution in [0.5, 0.6) is 11.5 Å². The van der Waals surface area contributed by atoms with Crippen LogP contribution in [0.15, 0.2) is 54.6 Å². The summed E-state index contributed by atoms with van der Waals surface area (Å²) in [7, 11) is 0. The zero-order valence-electron chi connectivity index (χ0n) is 19.0. The van der Waals surface area contributed by atoms with Gasteiger partial charge in [-0.1, -0.05) is 49.6 Å². The Labute approximate surface area is 192 Å². The van der Waals surface area contributed by atoms with E-state index in [4.69, 9.17) is 14.2 Å². The van der Waals surface area contributed by atoms with Crippen LogP contribution in [0, 0.1) is 11.8 Å². The highest BCUT2D eigenvalue weighted by molar-refractivity contribution is 5.72. The van der Waals surface area contributed by atoms with Crippen molar-refractivity contribution in [1.29, 1.82) is 0 Å². The van der Waals surface area contributed by atoms with Crippen LogP contribution < -0.4 is 9.47 Å². The normalized spacial score (nSPS) is 21.6. The molecular formula is C28H36O4. The van der Waals surface area contributed by atoms with Crippen LogP contribution in [0.2, 0.25) is 0 Å². The third-order valence-corrected chi connectivity index (χ3v) is 6.97. The van der Waals surface area contributed by atoms with Crippen LogP contribution in [0.25, 0.3) is 0 Å². The van der Waals surface area contributed by atoms with Crippen LogP contribution in [-0.2, 0) is 16.0 Å². The number of hydrogen-bond acceptors (Lipinski definition) is 4. The Kier molecular flexibility index (Phi) is 8.47. The molecule has 0 bridgehead atoms. The second kappa shape index (κ2) is 11.9. The molecule has 0 saturated heterocycles. The molecule has 4 rings (SSSR count). The highest BCUT2D eigenvalue weighted by atomic mass is 16.7. The Morgan fingerprint density at radius 2 is 1.41 bits per heavy atom. The number of aryl methyl sites for hydroxylation is 1. The van der Waals surface area contributed by atoms with Gasteiger partial charge in [0.05, 0.1) is 5.92 Å². The van der Waals surface area contributed by atoms with E-state index in [9.17, 15) is 4.79 Å². The number of para-hydroxylation sites is 1. The predicted molar refractivity (Wildman–Crippen MR) is 126 cm³/mol. The van der Waals surface area contributed by atoms with E-state index < -0.39 is 0 Å². The fourth-order valence-electron chi connectivity index (χ4n) is 4.94. The molecular weight excluding hydrogens is 400 g/mol. The van der Waals surface area contributed by atoms with Gasteiger partial charge in [0.15, 0.2) is 0 Å². The van der Waals surface area contributed by atoms with Gasteiger partial charge in [-0.3, -0.25) is 4.79 Å². The van der Waals surface area contributed by atoms with Gasteiger partial charge in [-0.2, -0.15) is 0 Å². The maximum Gasteiger partial charge on any atom is 0.309 e. The van der Waals surface area contributed by atoms with E-state index in [1.807, 2.05) is 42.5 Å². The van der Waals surface area contributed by atoms with Crippen molar-refractivity contribution in [2.45, 2.75) is 76.7 Å². The van der Waals surface area contributed by atoms with Gasteiger partial charge in [0, 0.05) is 0 Å². The smallest absolute Gasteiger partial charge is 0.309 e. The molecule has 0 heterocycles. The number of esters is 1. The summed E-state index contributed by atoms with van der Waals surface area (Å²) >= 11 is 0. The third-order valence-electron chi connectivity index (χ3n) is 6.97. The molecule has 2 aliphatic carbocycles. The van der Waals surface area contributed by atoms with Crippen LogP contribution in [0.3, 0.4) is 0 Å². The number of carbonyl (C=O) groups excluding carboxylic acids is 1. The lowest BCUT2D eigenvalue weighted by Gasteiger charge is -2.30. The average Bonchev–Trinajstić information content (AvgIpc) is 2.85. The molecule has 2 saturated carbocycles. The second-order valence-corrected chi connectivity index (χ2v) is 9.32. The summed E-state index contributed by atoms with van der Waals surface area (Å²) in [5.74, 6) is 2.60. The number of hydrogen-bond donors (Lipinski definition) is 0. The number of carbonyl (C=O) groups is 1. The van der Waals surface area contributed by atoms with Gasteiger partial charge in [-0.25, -0.2) is 0 Å². The minimum Gasteiger partial charge on any atom is -0.462 e. The first-order valence-corrected chi connectivity index (χ1v) is 12.4. The van der Waals surface area contributed by atoms with Gasteiger partial charge in [0.2, 0.25) is 6.79 Å². The molecule has 32 heavy (non-hydrogen) atoms. The van der Waals surface area contributed by atoms with Gasteiger partial charge in [-0.05, 0) is 87.1 Å². The van der Waals surface area contributed by atoms with Crippen molar-refractivity contribution in [1.82, 2.24) is 0 Å². The molecule has 2 aromatic carbocycles. The fourth-order valence-corrected chi connectivity index (χ4v) is 4.94. The number of rotatable bonds is 9. The number of benzene rings is 2. The van der Waals surface area contributed by atoms with Crippen LogP contribution in [0.1, 0.15) is 69.8 Å². The van der Waals surface area contributed by atoms with Crippen molar-refractivity contribution in [2.24, 2.45) is 11.8 Å². The Morgan fingerprint density at radius 1 is 0.750 bits per heavy atom. The molecule has 0 spiro atoms. The summed E-state index contributed by atoms with van der Waals surface area (Å²) < 4.78 is 17.1. The standard InChI is InChI=1S/C28H36O4/c29-28(24-7-3-1-4-8-24)32-27-19-15-23(16-20-27)12-11-22-13-17-26(18-14-22)31-21-30-25-9-5-2-6-10-25/h2,5-6,9-10,13-14,17-18,23-24,27H,1,3-4,7-8,11-12,15-16,19-21H2. The number of ether oxygens (including phenoxy) is 3. The SMILES string of the molecule is O=C(OC1CCC(CCc2ccc(OCOc3ccccc3)cc2)CC1)C1CCCCC1. The van der Waals surface area contributed by atoms with Gasteiger partial charge in [-0.15, -0.1) is 0 Å². The molecule has 0 radical (unpaired) electrons. The topological polar surface area (TPSA) is 44.8 Å². The highest BCUT2D eigenvalue weighted by Crippen LogP contribution is 2.32. The van der Waals surface area contributed by atoms with Crippen molar-refractivity contribution in [3.63, 3.8) is 0 Å². The summed E-state index contributed by atoms with van der Waals surface area (Å²) in [5.41, 5.74) is 1.34. The van der Waals surface area contributed by atoms with Crippen LogP contribution in [-0.4, -0.2) is 18.9 Å². The van der Waals surface area contributed by atoms with E-state index >= 15 is 0 Å². The van der Waals surface area contributed by atoms with Crippen molar-refractivity contribution < 1.29 is 19.0 Å². The second-order valence-electron chi connectivity index (χ2n) is 9.32. The lowest BCUT2D eigenvalue weighted by Crippen LogP contribution is -2.29. The molecule has 0 atom stereocenters. The summed E-state index contributed by atoms with van der Waals surface area (Å²) in [5, 5.41) is 0. The van der Waals surface area contributed by atoms with E-state index in [-0.39, 0.29) is 24.8 Å². The maximum absolute atomic E-state index is 12.4. The first-order chi connectivity index (χ1) is 15.8. The molecule has 2 aromatic rings. The van der Waals surface area contributed by atoms with E-state index in [2.05, 4.69) is 12.1 Å². The van der Waals surface area contributed by atoms with E-state index in [0.717, 1.165) is 49.5 Å². The maximum atomic E-state index is 12.4. The molecule has 4 heteroatoms. The fraction of sp³-hybridized carbons (Fsp3) is 0.536. The zero-order valence-corrected chi connectivity index (χ0v) is 19.0. The molecule has 172 valence electrons. The molecule has 2 fully saturated rings. The lowest BCUT2D eigenvalue weighted by atomic mass is 9.83. The first-order valence-electron chi connectivity index (χ1n) is 12.4. The van der Waals surface area contributed by atoms with Gasteiger partial charge < -0.3 is 14.2 Å². The third kappa shape index (κ3) is 7.01. The Hall–Kier alpha value is -2.49. The molecule has 0 unspecified atom stereocenters. The molecule has 4 nitrogen and oxygen atoms in total. The zero-order chi connectivity index (χ0) is 22.0. The quantitative estimate of drug-likeness (QED) is 0.323. The van der Waals surface area contributed by atoms with Gasteiger partial charge >= 0.3 is 5.97 Å². The summed E-state index contributed by atoms with van der Waals surface area (Å²) in [6.07, 6.45) is 12.5. The van der Waals surface area contributed by atoms with Gasteiger partial charge in [0.25, 0.3) is 0 Å². The van der Waals surface area contributed by atoms with E-state index in [1.165, 1.54) is 44.1 Å². The van der Waals surface area contributed by atoms with Crippen molar-refractivity contribution in [2.75, 3.05) is 6.79 Å². The summed E-state index contributed by atoms with van der Waals surface area (Å²) in [6, 6.07) is 18.0. The minimum atomic E-state index is 0.0737. The Morgan fingerprint density at radius 3 is 2.09 bits per heavy atom. The molecule has 0 aromatic heterocycles. The Bertz CT molecular complexity index is 803. The van der Waals surface area contributed by atoms with E-state index in [0.29, 0.717) is 0 Å². The van der Waals surface area contributed by atoms with E-state index in [1.54, 1.807) is 0 Å². The van der Waals surface area contributed by atoms with Crippen LogP contribution in [0.4, 0.5) is 0 Å². The molecule has 0 N–H and O–H groups in total. The predicted octanol–water partition coefficient (Wildman–Crippen LogP) is 6.72. The first kappa shape index (κ1) is 22.7. The van der Waals surface area contributed by atoms with Crippen molar-refractivity contribution >= 4 is 5.97 Å². The average molecular weight is 437 g/mol. The van der Waals surface area contributed by atoms with Gasteiger partial charge in [0.1, 0.15) is 17.6 Å². The van der Waals surface area contributed by atoms with Crippen LogP contribution >= 0.6 is 0 Å². The van der Waals surface area contributed by atoms with Crippen molar-refractivity contribution in [3.8, 4) is 11.5 Å². The highest BCUT2D eigenvalue weighted by Gasteiger charge is 2.28. The Balaban J connectivity index is 1.11. The summed E-state index contributed by atoms with van der Waals surface area (Å²) in [6.45, 7) is 0.206. The van der Waals surface area contributed by atoms with Crippen molar-refractivity contribution in [3.05, 3.63) is 60.2 Å². The molecule has 0 aliphatic heterocycles.